The third-order valence-electron chi connectivity index (χ3n) is 4.31. The largest absolute Gasteiger partial charge is 0.497 e. The first-order valence-corrected chi connectivity index (χ1v) is 8.37. The molecule has 0 aliphatic carbocycles. The summed E-state index contributed by atoms with van der Waals surface area (Å²) in [5.41, 5.74) is 2.33. The van der Waals surface area contributed by atoms with Crippen LogP contribution >= 0.6 is 11.6 Å². The summed E-state index contributed by atoms with van der Waals surface area (Å²) in [6.45, 7) is 2.23. The molecule has 1 unspecified atom stereocenters. The number of hydrogen-bond donors (Lipinski definition) is 1. The van der Waals surface area contributed by atoms with Gasteiger partial charge in [0.05, 0.1) is 13.0 Å². The van der Waals surface area contributed by atoms with Gasteiger partial charge in [-0.2, -0.15) is 0 Å². The molecule has 1 aliphatic rings. The fourth-order valence-corrected chi connectivity index (χ4v) is 3.14. The second-order valence-corrected chi connectivity index (χ2v) is 6.49. The van der Waals surface area contributed by atoms with Crippen LogP contribution in [0.1, 0.15) is 12.0 Å². The second kappa shape index (κ2) is 7.15. The maximum Gasteiger partial charge on any atom is 0.229 e. The predicted octanol–water partition coefficient (Wildman–Crippen LogP) is 3.65. The fourth-order valence-electron chi connectivity index (χ4n) is 2.91. The van der Waals surface area contributed by atoms with E-state index in [4.69, 9.17) is 16.3 Å². The monoisotopic (exact) mass is 358 g/mol. The number of amides is 2. The highest BCUT2D eigenvalue weighted by atomic mass is 35.5. The molecule has 0 saturated carbocycles. The summed E-state index contributed by atoms with van der Waals surface area (Å²) in [4.78, 5) is 26.5. The number of methoxy groups -OCH3 is 1. The summed E-state index contributed by atoms with van der Waals surface area (Å²) in [5, 5.41) is 3.51. The number of carbonyl (C=O) groups excluding carboxylic acids is 2. The summed E-state index contributed by atoms with van der Waals surface area (Å²) in [5.74, 6) is 0.0502. The van der Waals surface area contributed by atoms with Crippen LogP contribution in [0.5, 0.6) is 5.75 Å². The predicted molar refractivity (Wildman–Crippen MR) is 98.3 cm³/mol. The van der Waals surface area contributed by atoms with Crippen LogP contribution in [0.2, 0.25) is 5.02 Å². The van der Waals surface area contributed by atoms with Crippen LogP contribution in [0.25, 0.3) is 0 Å². The van der Waals surface area contributed by atoms with Crippen molar-refractivity contribution >= 4 is 34.8 Å². The summed E-state index contributed by atoms with van der Waals surface area (Å²) in [7, 11) is 1.58. The van der Waals surface area contributed by atoms with Gasteiger partial charge in [-0.25, -0.2) is 0 Å². The molecule has 1 saturated heterocycles. The number of hydrogen-bond acceptors (Lipinski definition) is 3. The van der Waals surface area contributed by atoms with Crippen molar-refractivity contribution in [3.8, 4) is 5.75 Å². The van der Waals surface area contributed by atoms with E-state index in [-0.39, 0.29) is 18.2 Å². The van der Waals surface area contributed by atoms with Crippen LogP contribution < -0.4 is 15.0 Å². The van der Waals surface area contributed by atoms with E-state index in [1.807, 2.05) is 25.1 Å². The van der Waals surface area contributed by atoms with Gasteiger partial charge in [0, 0.05) is 35.4 Å². The molecule has 130 valence electrons. The van der Waals surface area contributed by atoms with Crippen LogP contribution in [0.3, 0.4) is 0 Å². The SMILES string of the molecule is COc1cccc(N2CC(C(=O)Nc3ccc(Cl)cc3C)CC2=O)c1. The number of halogens is 1. The smallest absolute Gasteiger partial charge is 0.229 e. The average molecular weight is 359 g/mol. The minimum Gasteiger partial charge on any atom is -0.497 e. The number of benzene rings is 2. The lowest BCUT2D eigenvalue weighted by Gasteiger charge is -2.17. The Morgan fingerprint density at radius 1 is 1.28 bits per heavy atom. The molecule has 1 fully saturated rings. The maximum absolute atomic E-state index is 12.5. The quantitative estimate of drug-likeness (QED) is 0.907. The van der Waals surface area contributed by atoms with E-state index in [2.05, 4.69) is 5.32 Å². The van der Waals surface area contributed by atoms with Crippen molar-refractivity contribution in [1.29, 1.82) is 0 Å². The van der Waals surface area contributed by atoms with Crippen molar-refractivity contribution < 1.29 is 14.3 Å². The lowest BCUT2D eigenvalue weighted by molar-refractivity contribution is -0.122. The molecular weight excluding hydrogens is 340 g/mol. The van der Waals surface area contributed by atoms with E-state index in [1.54, 1.807) is 36.3 Å². The lowest BCUT2D eigenvalue weighted by atomic mass is 10.1. The Labute approximate surface area is 151 Å². The second-order valence-electron chi connectivity index (χ2n) is 6.06. The van der Waals surface area contributed by atoms with Gasteiger partial charge in [0.25, 0.3) is 0 Å². The number of carbonyl (C=O) groups is 2. The van der Waals surface area contributed by atoms with Gasteiger partial charge in [0.1, 0.15) is 5.75 Å². The first-order valence-electron chi connectivity index (χ1n) is 7.99. The average Bonchev–Trinajstić information content (AvgIpc) is 2.99. The Bertz CT molecular complexity index is 822. The first-order chi connectivity index (χ1) is 12.0. The van der Waals surface area contributed by atoms with E-state index in [9.17, 15) is 9.59 Å². The van der Waals surface area contributed by atoms with Crippen LogP contribution in [0.4, 0.5) is 11.4 Å². The van der Waals surface area contributed by atoms with Gasteiger partial charge in [0.2, 0.25) is 11.8 Å². The molecule has 1 N–H and O–H groups in total. The van der Waals surface area contributed by atoms with Crippen molar-refractivity contribution in [2.24, 2.45) is 5.92 Å². The molecule has 2 amide bonds. The molecule has 0 radical (unpaired) electrons. The zero-order chi connectivity index (χ0) is 18.0. The van der Waals surface area contributed by atoms with Gasteiger partial charge in [-0.05, 0) is 42.8 Å². The van der Waals surface area contributed by atoms with Crippen molar-refractivity contribution in [3.05, 3.63) is 53.1 Å². The number of nitrogens with zero attached hydrogens (tertiary/aromatic N) is 1. The standard InChI is InChI=1S/C19H19ClN2O3/c1-12-8-14(20)6-7-17(12)21-19(24)13-9-18(23)22(11-13)15-4-3-5-16(10-15)25-2/h3-8,10,13H,9,11H2,1-2H3,(H,21,24). The van der Waals surface area contributed by atoms with Crippen molar-refractivity contribution in [1.82, 2.24) is 0 Å². The molecule has 0 bridgehead atoms. The van der Waals surface area contributed by atoms with Gasteiger partial charge in [0.15, 0.2) is 0 Å². The summed E-state index contributed by atoms with van der Waals surface area (Å²) < 4.78 is 5.20. The molecule has 1 aliphatic heterocycles. The summed E-state index contributed by atoms with van der Waals surface area (Å²) >= 11 is 5.94. The Hall–Kier alpha value is -2.53. The van der Waals surface area contributed by atoms with E-state index < -0.39 is 5.92 Å². The topological polar surface area (TPSA) is 58.6 Å². The Morgan fingerprint density at radius 2 is 2.08 bits per heavy atom. The third-order valence-corrected chi connectivity index (χ3v) is 4.54. The van der Waals surface area contributed by atoms with Crippen molar-refractivity contribution in [2.75, 3.05) is 23.9 Å². The summed E-state index contributed by atoms with van der Waals surface area (Å²) in [6.07, 6.45) is 0.190. The third kappa shape index (κ3) is 3.77. The number of rotatable bonds is 4. The lowest BCUT2D eigenvalue weighted by Crippen LogP contribution is -2.28. The van der Waals surface area contributed by atoms with Gasteiger partial charge in [-0.3, -0.25) is 9.59 Å². The van der Waals surface area contributed by atoms with Gasteiger partial charge < -0.3 is 15.0 Å². The Morgan fingerprint density at radius 3 is 2.80 bits per heavy atom. The number of ether oxygens (including phenoxy) is 1. The van der Waals surface area contributed by atoms with Crippen LogP contribution in [-0.4, -0.2) is 25.5 Å². The van der Waals surface area contributed by atoms with E-state index in [0.717, 1.165) is 11.3 Å². The van der Waals surface area contributed by atoms with Gasteiger partial charge in [-0.15, -0.1) is 0 Å². The molecular formula is C19H19ClN2O3. The summed E-state index contributed by atoms with van der Waals surface area (Å²) in [6, 6.07) is 12.6. The highest BCUT2D eigenvalue weighted by Gasteiger charge is 2.35. The van der Waals surface area contributed by atoms with E-state index in [1.165, 1.54) is 0 Å². The molecule has 3 rings (SSSR count). The van der Waals surface area contributed by atoms with Gasteiger partial charge >= 0.3 is 0 Å². The van der Waals surface area contributed by atoms with Crippen LogP contribution in [0.15, 0.2) is 42.5 Å². The highest BCUT2D eigenvalue weighted by Crippen LogP contribution is 2.29. The normalized spacial score (nSPS) is 16.8. The molecule has 1 heterocycles. The van der Waals surface area contributed by atoms with E-state index in [0.29, 0.717) is 23.0 Å². The molecule has 5 nitrogen and oxygen atoms in total. The Balaban J connectivity index is 1.72. The molecule has 0 spiro atoms. The number of anilines is 2. The minimum absolute atomic E-state index is 0.0683. The van der Waals surface area contributed by atoms with Crippen molar-refractivity contribution in [3.63, 3.8) is 0 Å². The van der Waals surface area contributed by atoms with Crippen LogP contribution in [-0.2, 0) is 9.59 Å². The van der Waals surface area contributed by atoms with E-state index >= 15 is 0 Å². The highest BCUT2D eigenvalue weighted by molar-refractivity contribution is 6.30. The first kappa shape index (κ1) is 17.3. The zero-order valence-corrected chi connectivity index (χ0v) is 14.8. The Kier molecular flexibility index (Phi) is 4.95. The zero-order valence-electron chi connectivity index (χ0n) is 14.1. The molecule has 6 heteroatoms. The molecule has 2 aromatic carbocycles. The minimum atomic E-state index is -0.395. The molecule has 2 aromatic rings. The molecule has 25 heavy (non-hydrogen) atoms. The van der Waals surface area contributed by atoms with Crippen LogP contribution in [0, 0.1) is 12.8 Å². The van der Waals surface area contributed by atoms with Crippen molar-refractivity contribution in [2.45, 2.75) is 13.3 Å². The van der Waals surface area contributed by atoms with Gasteiger partial charge in [-0.1, -0.05) is 17.7 Å². The number of nitrogens with one attached hydrogen (secondary N) is 1. The molecule has 0 aromatic heterocycles. The fraction of sp³-hybridized carbons (Fsp3) is 0.263. The maximum atomic E-state index is 12.5. The molecule has 1 atom stereocenters. The number of aryl methyl sites for hydroxylation is 1.